The fourth-order valence-electron chi connectivity index (χ4n) is 3.24. The van der Waals surface area contributed by atoms with Crippen LogP contribution in [0, 0.1) is 19.8 Å². The lowest BCUT2D eigenvalue weighted by atomic mass is 10.1. The summed E-state index contributed by atoms with van der Waals surface area (Å²) in [6.07, 6.45) is 0.821. The molecule has 2 aromatic rings. The lowest BCUT2D eigenvalue weighted by Crippen LogP contribution is -2.27. The molecule has 176 valence electrons. The van der Waals surface area contributed by atoms with Crippen LogP contribution in [0.1, 0.15) is 48.4 Å². The van der Waals surface area contributed by atoms with E-state index in [0.29, 0.717) is 17.2 Å². The molecule has 0 bridgehead atoms. The fraction of sp³-hybridized carbons (Fsp3) is 0.478. The lowest BCUT2D eigenvalue weighted by molar-refractivity contribution is -0.142. The van der Waals surface area contributed by atoms with Crippen molar-refractivity contribution >= 4 is 21.8 Å². The second-order valence-corrected chi connectivity index (χ2v) is 9.79. The number of benzene rings is 1. The molecule has 0 saturated heterocycles. The van der Waals surface area contributed by atoms with Gasteiger partial charge >= 0.3 is 5.97 Å². The highest BCUT2D eigenvalue weighted by Crippen LogP contribution is 2.18. The zero-order valence-electron chi connectivity index (χ0n) is 19.3. The van der Waals surface area contributed by atoms with Gasteiger partial charge < -0.3 is 14.0 Å². The first-order valence-corrected chi connectivity index (χ1v) is 12.0. The Morgan fingerprint density at radius 2 is 1.78 bits per heavy atom. The van der Waals surface area contributed by atoms with Crippen LogP contribution in [-0.4, -0.2) is 45.0 Å². The highest BCUT2D eigenvalue weighted by molar-refractivity contribution is 7.89. The second kappa shape index (κ2) is 11.3. The number of hydrogen-bond acceptors (Lipinski definition) is 6. The van der Waals surface area contributed by atoms with Crippen molar-refractivity contribution < 1.29 is 27.5 Å². The van der Waals surface area contributed by atoms with Gasteiger partial charge in [-0.3, -0.25) is 9.59 Å². The van der Waals surface area contributed by atoms with Crippen molar-refractivity contribution in [3.05, 3.63) is 47.3 Å². The van der Waals surface area contributed by atoms with Crippen molar-refractivity contribution in [1.29, 1.82) is 0 Å². The van der Waals surface area contributed by atoms with E-state index in [-0.39, 0.29) is 30.3 Å². The predicted molar refractivity (Wildman–Crippen MR) is 121 cm³/mol. The van der Waals surface area contributed by atoms with Gasteiger partial charge in [0.1, 0.15) is 5.75 Å². The van der Waals surface area contributed by atoms with Crippen LogP contribution >= 0.6 is 0 Å². The van der Waals surface area contributed by atoms with Crippen molar-refractivity contribution in [3.63, 3.8) is 0 Å². The van der Waals surface area contributed by atoms with E-state index in [2.05, 4.69) is 23.1 Å². The number of carbonyl (C=O) groups is 2. The summed E-state index contributed by atoms with van der Waals surface area (Å²) in [4.78, 5) is 24.6. The Bertz CT molecular complexity index is 1040. The number of ether oxygens (including phenoxy) is 2. The maximum absolute atomic E-state index is 12.5. The molecule has 0 aliphatic heterocycles. The topological polar surface area (TPSA) is 104 Å². The molecule has 2 rings (SSSR count). The summed E-state index contributed by atoms with van der Waals surface area (Å²) < 4.78 is 39.1. The predicted octanol–water partition coefficient (Wildman–Crippen LogP) is 3.25. The maximum Gasteiger partial charge on any atom is 0.307 e. The molecule has 1 aromatic carbocycles. The number of esters is 1. The van der Waals surface area contributed by atoms with Crippen LogP contribution in [0.4, 0.5) is 0 Å². The van der Waals surface area contributed by atoms with E-state index < -0.39 is 16.0 Å². The van der Waals surface area contributed by atoms with E-state index in [1.165, 1.54) is 31.4 Å². The molecule has 1 aromatic heterocycles. The van der Waals surface area contributed by atoms with Crippen LogP contribution in [0.5, 0.6) is 5.75 Å². The molecule has 0 radical (unpaired) electrons. The largest absolute Gasteiger partial charge is 0.497 e. The molecule has 0 spiro atoms. The number of aromatic nitrogens is 1. The van der Waals surface area contributed by atoms with Gasteiger partial charge in [0, 0.05) is 30.0 Å². The van der Waals surface area contributed by atoms with Crippen molar-refractivity contribution in [2.45, 2.75) is 52.0 Å². The molecule has 0 unspecified atom stereocenters. The lowest BCUT2D eigenvalue weighted by Gasteiger charge is -2.11. The summed E-state index contributed by atoms with van der Waals surface area (Å²) in [5.74, 6) is 0.168. The van der Waals surface area contributed by atoms with Crippen LogP contribution < -0.4 is 9.46 Å². The van der Waals surface area contributed by atoms with E-state index >= 15 is 0 Å². The monoisotopic (exact) mass is 464 g/mol. The molecule has 0 aliphatic carbocycles. The van der Waals surface area contributed by atoms with Gasteiger partial charge in [0.25, 0.3) is 0 Å². The number of rotatable bonds is 12. The van der Waals surface area contributed by atoms with E-state index in [9.17, 15) is 18.0 Å². The highest BCUT2D eigenvalue weighted by Gasteiger charge is 2.18. The van der Waals surface area contributed by atoms with Crippen molar-refractivity contribution in [2.75, 3.05) is 20.3 Å². The molecule has 0 atom stereocenters. The third-order valence-electron chi connectivity index (χ3n) is 5.16. The summed E-state index contributed by atoms with van der Waals surface area (Å²) in [6.45, 7) is 8.45. The third-order valence-corrected chi connectivity index (χ3v) is 6.64. The van der Waals surface area contributed by atoms with Crippen LogP contribution in [0.15, 0.2) is 35.2 Å². The van der Waals surface area contributed by atoms with Crippen molar-refractivity contribution in [1.82, 2.24) is 9.29 Å². The molecule has 1 N–H and O–H groups in total. The molecule has 1 heterocycles. The van der Waals surface area contributed by atoms with Crippen molar-refractivity contribution in [2.24, 2.45) is 5.92 Å². The minimum atomic E-state index is -3.76. The highest BCUT2D eigenvalue weighted by atomic mass is 32.2. The SMILES string of the molecule is COc1ccc(S(=O)(=O)NCCC(=O)OCC(=O)c2cc(C)n(CCC(C)C)c2C)cc1. The molecule has 0 saturated carbocycles. The van der Waals surface area contributed by atoms with Gasteiger partial charge in [-0.15, -0.1) is 0 Å². The van der Waals surface area contributed by atoms with Gasteiger partial charge in [0.15, 0.2) is 6.61 Å². The Balaban J connectivity index is 1.84. The zero-order valence-corrected chi connectivity index (χ0v) is 20.1. The number of nitrogens with one attached hydrogen (secondary N) is 1. The summed E-state index contributed by atoms with van der Waals surface area (Å²) >= 11 is 0. The maximum atomic E-state index is 12.5. The number of ketones is 1. The van der Waals surface area contributed by atoms with Gasteiger partial charge in [-0.2, -0.15) is 0 Å². The number of Topliss-reactive ketones (excluding diaryl/α,β-unsaturated/α-hetero) is 1. The van der Waals surface area contributed by atoms with Crippen LogP contribution in [0.25, 0.3) is 0 Å². The molecule has 9 heteroatoms. The van der Waals surface area contributed by atoms with Gasteiger partial charge in [-0.05, 0) is 56.5 Å². The van der Waals surface area contributed by atoms with Crippen LogP contribution in [-0.2, 0) is 26.1 Å². The van der Waals surface area contributed by atoms with Crippen molar-refractivity contribution in [3.8, 4) is 5.75 Å². The van der Waals surface area contributed by atoms with Gasteiger partial charge in [-0.1, -0.05) is 13.8 Å². The number of aryl methyl sites for hydroxylation is 1. The van der Waals surface area contributed by atoms with E-state index in [4.69, 9.17) is 9.47 Å². The Morgan fingerprint density at radius 3 is 2.38 bits per heavy atom. The first kappa shape index (κ1) is 25.6. The Hall–Kier alpha value is -2.65. The van der Waals surface area contributed by atoms with E-state index in [1.807, 2.05) is 19.9 Å². The number of sulfonamides is 1. The Kier molecular flexibility index (Phi) is 9.03. The zero-order chi connectivity index (χ0) is 23.9. The first-order chi connectivity index (χ1) is 15.0. The molecular weight excluding hydrogens is 432 g/mol. The summed E-state index contributed by atoms with van der Waals surface area (Å²) in [7, 11) is -2.27. The van der Waals surface area contributed by atoms with Gasteiger partial charge in [-0.25, -0.2) is 13.1 Å². The molecular formula is C23H32N2O6S. The minimum absolute atomic E-state index is 0.0645. The summed E-state index contributed by atoms with van der Waals surface area (Å²) in [6, 6.07) is 7.71. The number of hydrogen-bond donors (Lipinski definition) is 1. The standard InChI is InChI=1S/C23H32N2O6S/c1-16(2)11-13-25-17(3)14-21(18(25)4)22(26)15-31-23(27)10-12-24-32(28,29)20-8-6-19(30-5)7-9-20/h6-9,14,16,24H,10-13,15H2,1-5H3. The average Bonchev–Trinajstić information content (AvgIpc) is 3.03. The Labute approximate surface area is 190 Å². The number of methoxy groups -OCH3 is 1. The Morgan fingerprint density at radius 1 is 1.12 bits per heavy atom. The third kappa shape index (κ3) is 6.93. The van der Waals surface area contributed by atoms with Gasteiger partial charge in [0.2, 0.25) is 15.8 Å². The minimum Gasteiger partial charge on any atom is -0.497 e. The van der Waals surface area contributed by atoms with Crippen LogP contribution in [0.3, 0.4) is 0 Å². The first-order valence-electron chi connectivity index (χ1n) is 10.5. The average molecular weight is 465 g/mol. The van der Waals surface area contributed by atoms with Crippen LogP contribution in [0.2, 0.25) is 0 Å². The second-order valence-electron chi connectivity index (χ2n) is 8.03. The fourth-order valence-corrected chi connectivity index (χ4v) is 4.27. The normalized spacial score (nSPS) is 11.6. The number of carbonyl (C=O) groups excluding carboxylic acids is 2. The van der Waals surface area contributed by atoms with E-state index in [0.717, 1.165) is 24.4 Å². The molecule has 32 heavy (non-hydrogen) atoms. The molecule has 0 amide bonds. The summed E-state index contributed by atoms with van der Waals surface area (Å²) in [5, 5.41) is 0. The molecule has 0 aliphatic rings. The summed E-state index contributed by atoms with van der Waals surface area (Å²) in [5.41, 5.74) is 2.39. The van der Waals surface area contributed by atoms with E-state index in [1.54, 1.807) is 0 Å². The number of nitrogens with zero attached hydrogens (tertiary/aromatic N) is 1. The smallest absolute Gasteiger partial charge is 0.307 e. The molecule has 8 nitrogen and oxygen atoms in total. The molecule has 0 fully saturated rings. The van der Waals surface area contributed by atoms with Gasteiger partial charge in [0.05, 0.1) is 18.4 Å². The quantitative estimate of drug-likeness (QED) is 0.382.